The van der Waals surface area contributed by atoms with Gasteiger partial charge in [-0.15, -0.1) is 0 Å². The van der Waals surface area contributed by atoms with Gasteiger partial charge >= 0.3 is 5.97 Å². The zero-order valence-corrected chi connectivity index (χ0v) is 19.6. The summed E-state index contributed by atoms with van der Waals surface area (Å²) in [4.78, 5) is 25.3. The van der Waals surface area contributed by atoms with E-state index in [4.69, 9.17) is 16.3 Å². The second kappa shape index (κ2) is 10.5. The van der Waals surface area contributed by atoms with Gasteiger partial charge in [-0.25, -0.2) is 9.48 Å². The molecule has 1 N–H and O–H groups in total. The summed E-state index contributed by atoms with van der Waals surface area (Å²) >= 11 is 5.94. The molecule has 6 nitrogen and oxygen atoms in total. The number of nitrogens with one attached hydrogen (secondary N) is 1. The molecular weight excluding hydrogens is 426 g/mol. The normalized spacial score (nSPS) is 11.8. The Morgan fingerprint density at radius 2 is 1.72 bits per heavy atom. The molecular formula is C25H28ClN3O3. The Hall–Kier alpha value is -3.12. The van der Waals surface area contributed by atoms with Gasteiger partial charge in [0, 0.05) is 22.7 Å². The molecule has 3 aromatic rings. The van der Waals surface area contributed by atoms with Crippen LogP contribution in [0.2, 0.25) is 5.02 Å². The summed E-state index contributed by atoms with van der Waals surface area (Å²) in [6, 6.07) is 13.5. The maximum absolute atomic E-state index is 12.9. The average Bonchev–Trinajstić information content (AvgIpc) is 3.08. The summed E-state index contributed by atoms with van der Waals surface area (Å²) in [5.41, 5.74) is 5.53. The molecule has 7 heteroatoms. The summed E-state index contributed by atoms with van der Waals surface area (Å²) in [5, 5.41) is 8.03. The van der Waals surface area contributed by atoms with Crippen molar-refractivity contribution in [2.45, 2.75) is 46.6 Å². The summed E-state index contributed by atoms with van der Waals surface area (Å²) in [6.07, 6.45) is 1.23. The van der Waals surface area contributed by atoms with Crippen molar-refractivity contribution in [3.05, 3.63) is 81.6 Å². The highest BCUT2D eigenvalue weighted by Gasteiger charge is 2.23. The van der Waals surface area contributed by atoms with Crippen LogP contribution in [0, 0.1) is 13.8 Å². The fraction of sp³-hybridized carbons (Fsp3) is 0.320. The molecule has 32 heavy (non-hydrogen) atoms. The van der Waals surface area contributed by atoms with E-state index in [9.17, 15) is 9.59 Å². The zero-order valence-electron chi connectivity index (χ0n) is 18.8. The lowest BCUT2D eigenvalue weighted by Gasteiger charge is -2.18. The number of rotatable bonds is 8. The monoisotopic (exact) mass is 453 g/mol. The van der Waals surface area contributed by atoms with Crippen LogP contribution >= 0.6 is 11.6 Å². The van der Waals surface area contributed by atoms with Gasteiger partial charge in [-0.1, -0.05) is 30.7 Å². The van der Waals surface area contributed by atoms with Crippen LogP contribution in [-0.2, 0) is 22.4 Å². The number of carbonyl (C=O) groups is 2. The smallest absolute Gasteiger partial charge is 0.328 e. The Morgan fingerprint density at radius 1 is 1.06 bits per heavy atom. The number of aryl methyl sites for hydroxylation is 1. The van der Waals surface area contributed by atoms with Gasteiger partial charge in [0.1, 0.15) is 6.04 Å². The number of halogens is 1. The van der Waals surface area contributed by atoms with Crippen LogP contribution in [0.5, 0.6) is 0 Å². The van der Waals surface area contributed by atoms with Crippen LogP contribution in [-0.4, -0.2) is 34.3 Å². The number of hydrogen-bond acceptors (Lipinski definition) is 4. The van der Waals surface area contributed by atoms with Crippen LogP contribution in [0.1, 0.15) is 46.7 Å². The van der Waals surface area contributed by atoms with Gasteiger partial charge < -0.3 is 10.1 Å². The average molecular weight is 454 g/mol. The van der Waals surface area contributed by atoms with Gasteiger partial charge in [-0.2, -0.15) is 5.10 Å². The van der Waals surface area contributed by atoms with Crippen LogP contribution in [0.3, 0.4) is 0 Å². The molecule has 1 atom stereocenters. The molecule has 1 heterocycles. The molecule has 0 fully saturated rings. The highest BCUT2D eigenvalue weighted by atomic mass is 35.5. The molecule has 0 radical (unpaired) electrons. The third-order valence-electron chi connectivity index (χ3n) is 5.40. The number of hydrogen-bond donors (Lipinski definition) is 1. The van der Waals surface area contributed by atoms with Gasteiger partial charge in [0.25, 0.3) is 5.91 Å². The second-order valence-corrected chi connectivity index (χ2v) is 8.01. The predicted molar refractivity (Wildman–Crippen MR) is 125 cm³/mol. The summed E-state index contributed by atoms with van der Waals surface area (Å²) in [7, 11) is 0. The third kappa shape index (κ3) is 5.37. The number of esters is 1. The molecule has 0 aliphatic rings. The highest BCUT2D eigenvalue weighted by molar-refractivity contribution is 6.30. The maximum atomic E-state index is 12.9. The molecule has 0 aliphatic carbocycles. The third-order valence-corrected chi connectivity index (χ3v) is 5.65. The number of carbonyl (C=O) groups excluding carboxylic acids is 2. The largest absolute Gasteiger partial charge is 0.464 e. The molecule has 0 bridgehead atoms. The Bertz CT molecular complexity index is 1090. The Balaban J connectivity index is 1.77. The topological polar surface area (TPSA) is 73.2 Å². The Labute approximate surface area is 193 Å². The Morgan fingerprint density at radius 3 is 2.28 bits per heavy atom. The first-order chi connectivity index (χ1) is 15.3. The molecule has 3 rings (SSSR count). The van der Waals surface area contributed by atoms with Crippen molar-refractivity contribution in [2.75, 3.05) is 6.61 Å². The molecule has 1 unspecified atom stereocenters. The van der Waals surface area contributed by atoms with Gasteiger partial charge in [0.15, 0.2) is 0 Å². The lowest BCUT2D eigenvalue weighted by molar-refractivity contribution is -0.145. The first-order valence-corrected chi connectivity index (χ1v) is 11.1. The van der Waals surface area contributed by atoms with Gasteiger partial charge in [-0.05, 0) is 74.7 Å². The predicted octanol–water partition coefficient (Wildman–Crippen LogP) is 4.61. The number of ether oxygens (including phenoxy) is 1. The van der Waals surface area contributed by atoms with Gasteiger partial charge in [0.05, 0.1) is 18.0 Å². The van der Waals surface area contributed by atoms with E-state index in [1.165, 1.54) is 5.56 Å². The molecule has 1 aromatic heterocycles. The van der Waals surface area contributed by atoms with E-state index in [-0.39, 0.29) is 12.5 Å². The lowest BCUT2D eigenvalue weighted by atomic mass is 10.1. The first-order valence-electron chi connectivity index (χ1n) is 10.7. The van der Waals surface area contributed by atoms with Crippen LogP contribution in [0.15, 0.2) is 48.5 Å². The molecule has 0 aliphatic heterocycles. The maximum Gasteiger partial charge on any atom is 0.328 e. The number of aromatic nitrogens is 2. The minimum absolute atomic E-state index is 0.239. The highest BCUT2D eigenvalue weighted by Crippen LogP contribution is 2.19. The minimum Gasteiger partial charge on any atom is -0.464 e. The Kier molecular flexibility index (Phi) is 7.70. The zero-order chi connectivity index (χ0) is 23.3. The van der Waals surface area contributed by atoms with Crippen molar-refractivity contribution in [3.63, 3.8) is 0 Å². The number of benzene rings is 2. The molecule has 168 valence electrons. The van der Waals surface area contributed by atoms with Crippen LogP contribution < -0.4 is 5.32 Å². The van der Waals surface area contributed by atoms with Crippen LogP contribution in [0.4, 0.5) is 0 Å². The van der Waals surface area contributed by atoms with Crippen LogP contribution in [0.25, 0.3) is 5.69 Å². The standard InChI is InChI=1S/C25H28ClN3O3/c1-5-22-16(3)28-29(17(22)4)21-13-9-19(10-14-21)24(30)27-23(25(31)32-6-2)15-18-7-11-20(26)12-8-18/h7-14,23H,5-6,15H2,1-4H3,(H,27,30). The van der Waals surface area contributed by atoms with Crippen molar-refractivity contribution in [1.82, 2.24) is 15.1 Å². The summed E-state index contributed by atoms with van der Waals surface area (Å²) in [5.74, 6) is -0.812. The van der Waals surface area contributed by atoms with E-state index in [1.54, 1.807) is 31.2 Å². The fourth-order valence-electron chi connectivity index (χ4n) is 3.73. The molecule has 0 saturated carbocycles. The minimum atomic E-state index is -0.800. The second-order valence-electron chi connectivity index (χ2n) is 7.57. The van der Waals surface area contributed by atoms with Gasteiger partial charge in [0.2, 0.25) is 0 Å². The number of nitrogens with zero attached hydrogens (tertiary/aromatic N) is 2. The first kappa shape index (κ1) is 23.5. The molecule has 0 spiro atoms. The number of amides is 1. The van der Waals surface area contributed by atoms with E-state index in [0.717, 1.165) is 29.1 Å². The van der Waals surface area contributed by atoms with E-state index >= 15 is 0 Å². The van der Waals surface area contributed by atoms with Crippen molar-refractivity contribution >= 4 is 23.5 Å². The lowest BCUT2D eigenvalue weighted by Crippen LogP contribution is -2.43. The van der Waals surface area contributed by atoms with Gasteiger partial charge in [-0.3, -0.25) is 4.79 Å². The fourth-order valence-corrected chi connectivity index (χ4v) is 3.85. The molecule has 2 aromatic carbocycles. The SMILES string of the molecule is CCOC(=O)C(Cc1ccc(Cl)cc1)NC(=O)c1ccc(-n2nc(C)c(CC)c2C)cc1. The summed E-state index contributed by atoms with van der Waals surface area (Å²) < 4.78 is 7.05. The molecule has 0 saturated heterocycles. The van der Waals surface area contributed by atoms with E-state index in [1.807, 2.05) is 42.8 Å². The van der Waals surface area contributed by atoms with E-state index in [2.05, 4.69) is 17.3 Å². The van der Waals surface area contributed by atoms with Crippen molar-refractivity contribution in [1.29, 1.82) is 0 Å². The quantitative estimate of drug-likeness (QED) is 0.505. The van der Waals surface area contributed by atoms with Crippen molar-refractivity contribution in [3.8, 4) is 5.69 Å². The van der Waals surface area contributed by atoms with Crippen molar-refractivity contribution in [2.24, 2.45) is 0 Å². The van der Waals surface area contributed by atoms with Crippen molar-refractivity contribution < 1.29 is 14.3 Å². The van der Waals surface area contributed by atoms with E-state index < -0.39 is 12.0 Å². The molecule has 1 amide bonds. The summed E-state index contributed by atoms with van der Waals surface area (Å²) in [6.45, 7) is 8.13. The van der Waals surface area contributed by atoms with E-state index in [0.29, 0.717) is 17.0 Å².